The zero-order valence-electron chi connectivity index (χ0n) is 10.8. The molecule has 3 heteroatoms. The van der Waals surface area contributed by atoms with Gasteiger partial charge in [-0.05, 0) is 26.5 Å². The molecule has 1 saturated heterocycles. The summed E-state index contributed by atoms with van der Waals surface area (Å²) in [5.41, 5.74) is 0.814. The van der Waals surface area contributed by atoms with E-state index in [-0.39, 0.29) is 11.4 Å². The lowest BCUT2D eigenvalue weighted by Crippen LogP contribution is -2.61. The second-order valence-corrected chi connectivity index (χ2v) is 5.19. The van der Waals surface area contributed by atoms with Crippen LogP contribution in [0, 0.1) is 0 Å². The van der Waals surface area contributed by atoms with Gasteiger partial charge >= 0.3 is 0 Å². The van der Waals surface area contributed by atoms with Crippen LogP contribution in [-0.4, -0.2) is 41.4 Å². The zero-order chi connectivity index (χ0) is 12.5. The molecule has 1 fully saturated rings. The summed E-state index contributed by atoms with van der Waals surface area (Å²) in [6, 6.07) is 10.2. The van der Waals surface area contributed by atoms with Crippen LogP contribution in [0.5, 0.6) is 0 Å². The molecule has 1 heterocycles. The Morgan fingerprint density at radius 1 is 1.18 bits per heavy atom. The van der Waals surface area contributed by atoms with Gasteiger partial charge in [-0.1, -0.05) is 30.3 Å². The Morgan fingerprint density at radius 2 is 1.82 bits per heavy atom. The molecule has 3 nitrogen and oxygen atoms in total. The van der Waals surface area contributed by atoms with Gasteiger partial charge in [0, 0.05) is 19.6 Å². The molecule has 2 rings (SSSR count). The number of benzene rings is 1. The maximum absolute atomic E-state index is 12.3. The molecular formula is C14H20N2O. The zero-order valence-corrected chi connectivity index (χ0v) is 10.8. The van der Waals surface area contributed by atoms with Gasteiger partial charge in [-0.25, -0.2) is 0 Å². The van der Waals surface area contributed by atoms with Gasteiger partial charge in [0.1, 0.15) is 0 Å². The molecule has 0 atom stereocenters. The monoisotopic (exact) mass is 232 g/mol. The minimum absolute atomic E-state index is 0.218. The number of rotatable bonds is 2. The lowest BCUT2D eigenvalue weighted by atomic mass is 9.98. The van der Waals surface area contributed by atoms with Crippen molar-refractivity contribution in [3.63, 3.8) is 0 Å². The maximum atomic E-state index is 12.3. The van der Waals surface area contributed by atoms with E-state index in [1.165, 1.54) is 5.56 Å². The average Bonchev–Trinajstić information content (AvgIpc) is 2.32. The van der Waals surface area contributed by atoms with Gasteiger partial charge in [-0.3, -0.25) is 9.69 Å². The van der Waals surface area contributed by atoms with E-state index in [1.54, 1.807) is 0 Å². The number of amides is 1. The number of hydrogen-bond acceptors (Lipinski definition) is 2. The highest BCUT2D eigenvalue weighted by molar-refractivity contribution is 5.86. The molecule has 0 spiro atoms. The summed E-state index contributed by atoms with van der Waals surface area (Å²) < 4.78 is 0. The quantitative estimate of drug-likeness (QED) is 0.775. The van der Waals surface area contributed by atoms with Gasteiger partial charge in [0.25, 0.3) is 0 Å². The van der Waals surface area contributed by atoms with Crippen molar-refractivity contribution in [2.24, 2.45) is 0 Å². The molecule has 0 unspecified atom stereocenters. The Hall–Kier alpha value is -1.35. The first-order chi connectivity index (χ1) is 8.01. The Bertz CT molecular complexity index is 400. The van der Waals surface area contributed by atoms with Crippen LogP contribution in [0.3, 0.4) is 0 Å². The molecule has 92 valence electrons. The molecule has 0 aliphatic carbocycles. The van der Waals surface area contributed by atoms with Crippen molar-refractivity contribution in [2.75, 3.05) is 20.1 Å². The topological polar surface area (TPSA) is 23.6 Å². The first-order valence-corrected chi connectivity index (χ1v) is 6.06. The molecule has 0 aromatic heterocycles. The Kier molecular flexibility index (Phi) is 3.20. The molecule has 1 aromatic rings. The van der Waals surface area contributed by atoms with E-state index < -0.39 is 0 Å². The van der Waals surface area contributed by atoms with Gasteiger partial charge in [0.2, 0.25) is 5.91 Å². The van der Waals surface area contributed by atoms with E-state index in [2.05, 4.69) is 17.0 Å². The van der Waals surface area contributed by atoms with Crippen molar-refractivity contribution in [1.29, 1.82) is 0 Å². The highest BCUT2D eigenvalue weighted by Gasteiger charge is 2.39. The third-order valence-electron chi connectivity index (χ3n) is 3.69. The number of nitrogens with zero attached hydrogens (tertiary/aromatic N) is 2. The lowest BCUT2D eigenvalue weighted by molar-refractivity contribution is -0.148. The van der Waals surface area contributed by atoms with Gasteiger partial charge in [-0.2, -0.15) is 0 Å². The van der Waals surface area contributed by atoms with Crippen LogP contribution in [0.4, 0.5) is 0 Å². The number of carbonyl (C=O) groups is 1. The number of carbonyl (C=O) groups excluding carboxylic acids is 1. The fourth-order valence-corrected chi connectivity index (χ4v) is 2.16. The average molecular weight is 232 g/mol. The summed E-state index contributed by atoms with van der Waals surface area (Å²) in [6.45, 7) is 6.45. The second-order valence-electron chi connectivity index (χ2n) is 5.19. The van der Waals surface area contributed by atoms with Crippen LogP contribution in [0.15, 0.2) is 30.3 Å². The lowest BCUT2D eigenvalue weighted by Gasteiger charge is -2.44. The summed E-state index contributed by atoms with van der Waals surface area (Å²) in [6.07, 6.45) is 0. The fraction of sp³-hybridized carbons (Fsp3) is 0.500. The van der Waals surface area contributed by atoms with E-state index in [9.17, 15) is 4.79 Å². The summed E-state index contributed by atoms with van der Waals surface area (Å²) in [5, 5.41) is 0. The molecule has 0 bridgehead atoms. The molecule has 1 aromatic carbocycles. The molecular weight excluding hydrogens is 212 g/mol. The summed E-state index contributed by atoms with van der Waals surface area (Å²) in [7, 11) is 2.01. The van der Waals surface area contributed by atoms with E-state index in [0.717, 1.165) is 19.6 Å². The number of piperazine rings is 1. The minimum atomic E-state index is -0.382. The van der Waals surface area contributed by atoms with E-state index in [0.29, 0.717) is 0 Å². The normalized spacial score (nSPS) is 20.6. The molecule has 17 heavy (non-hydrogen) atoms. The molecule has 0 saturated carbocycles. The smallest absolute Gasteiger partial charge is 0.242 e. The van der Waals surface area contributed by atoms with Crippen LogP contribution in [0.2, 0.25) is 0 Å². The summed E-state index contributed by atoms with van der Waals surface area (Å²) in [5.74, 6) is 0.218. The second kappa shape index (κ2) is 4.49. The SMILES string of the molecule is CN1CCN(Cc2ccccc2)C(=O)C1(C)C. The molecule has 1 aliphatic rings. The van der Waals surface area contributed by atoms with Crippen LogP contribution in [0.1, 0.15) is 19.4 Å². The predicted molar refractivity (Wildman–Crippen MR) is 68.6 cm³/mol. The predicted octanol–water partition coefficient (Wildman–Crippen LogP) is 1.74. The van der Waals surface area contributed by atoms with Gasteiger partial charge in [0.15, 0.2) is 0 Å². The third kappa shape index (κ3) is 2.34. The molecule has 1 amide bonds. The van der Waals surface area contributed by atoms with E-state index in [1.807, 2.05) is 44.0 Å². The molecule has 1 aliphatic heterocycles. The summed E-state index contributed by atoms with van der Waals surface area (Å²) >= 11 is 0. The van der Waals surface area contributed by atoms with Crippen LogP contribution in [0.25, 0.3) is 0 Å². The van der Waals surface area contributed by atoms with Crippen LogP contribution in [-0.2, 0) is 11.3 Å². The molecule has 0 radical (unpaired) electrons. The highest BCUT2D eigenvalue weighted by Crippen LogP contribution is 2.21. The summed E-state index contributed by atoms with van der Waals surface area (Å²) in [4.78, 5) is 16.4. The largest absolute Gasteiger partial charge is 0.335 e. The molecule has 0 N–H and O–H groups in total. The van der Waals surface area contributed by atoms with Crippen molar-refractivity contribution >= 4 is 5.91 Å². The Labute approximate surface area is 103 Å². The van der Waals surface area contributed by atoms with Crippen LogP contribution >= 0.6 is 0 Å². The Morgan fingerprint density at radius 3 is 2.47 bits per heavy atom. The van der Waals surface area contributed by atoms with Crippen molar-refractivity contribution in [1.82, 2.24) is 9.80 Å². The first kappa shape index (κ1) is 12.1. The van der Waals surface area contributed by atoms with E-state index >= 15 is 0 Å². The number of likely N-dealkylation sites (N-methyl/N-ethyl adjacent to an activating group) is 1. The van der Waals surface area contributed by atoms with Crippen LogP contribution < -0.4 is 0 Å². The third-order valence-corrected chi connectivity index (χ3v) is 3.69. The van der Waals surface area contributed by atoms with Gasteiger partial charge < -0.3 is 4.90 Å². The highest BCUT2D eigenvalue weighted by atomic mass is 16.2. The van der Waals surface area contributed by atoms with Crippen molar-refractivity contribution in [3.8, 4) is 0 Å². The van der Waals surface area contributed by atoms with Crippen molar-refractivity contribution in [3.05, 3.63) is 35.9 Å². The standard InChI is InChI=1S/C14H20N2O/c1-14(2)13(17)16(10-9-15(14)3)11-12-7-5-4-6-8-12/h4-8H,9-11H2,1-3H3. The maximum Gasteiger partial charge on any atom is 0.242 e. The van der Waals surface area contributed by atoms with Gasteiger partial charge in [0.05, 0.1) is 5.54 Å². The minimum Gasteiger partial charge on any atom is -0.335 e. The number of hydrogen-bond donors (Lipinski definition) is 0. The van der Waals surface area contributed by atoms with Crippen molar-refractivity contribution < 1.29 is 4.79 Å². The first-order valence-electron chi connectivity index (χ1n) is 6.06. The Balaban J connectivity index is 2.11. The fourth-order valence-electron chi connectivity index (χ4n) is 2.16. The van der Waals surface area contributed by atoms with Gasteiger partial charge in [-0.15, -0.1) is 0 Å². The van der Waals surface area contributed by atoms with E-state index in [4.69, 9.17) is 0 Å². The van der Waals surface area contributed by atoms with Crippen molar-refractivity contribution in [2.45, 2.75) is 25.9 Å².